The molecule has 6 aromatic rings. The maximum absolute atomic E-state index is 14.8. The van der Waals surface area contributed by atoms with Gasteiger partial charge in [0, 0.05) is 85.8 Å². The van der Waals surface area contributed by atoms with Crippen LogP contribution in [0.2, 0.25) is 0 Å². The number of rotatable bonds is 3. The lowest BCUT2D eigenvalue weighted by molar-refractivity contribution is -0.122. The summed E-state index contributed by atoms with van der Waals surface area (Å²) in [7, 11) is 5.32. The maximum Gasteiger partial charge on any atom is 0.236 e. The lowest BCUT2D eigenvalue weighted by Gasteiger charge is -2.16. The Morgan fingerprint density at radius 1 is 0.541 bits per heavy atom. The number of benzene rings is 3. The molecule has 0 saturated heterocycles. The fraction of sp³-hybridized carbons (Fsp3) is 0.294. The van der Waals surface area contributed by atoms with Gasteiger partial charge in [-0.3, -0.25) is 29.3 Å². The molecule has 3 amide bonds. The highest BCUT2D eigenvalue weighted by molar-refractivity contribution is 6.10. The van der Waals surface area contributed by atoms with Crippen molar-refractivity contribution in [2.75, 3.05) is 35.8 Å². The van der Waals surface area contributed by atoms with E-state index in [-0.39, 0.29) is 23.5 Å². The molecule has 0 atom stereocenters. The van der Waals surface area contributed by atoms with E-state index >= 15 is 0 Å². The van der Waals surface area contributed by atoms with Crippen LogP contribution >= 0.6 is 0 Å². The lowest BCUT2D eigenvalue weighted by atomic mass is 9.84. The van der Waals surface area contributed by atoms with E-state index in [0.717, 1.165) is 61.6 Å². The predicted octanol–water partition coefficient (Wildman–Crippen LogP) is 10.1. The molecular formula is C51H53FN6O3. The zero-order valence-electron chi connectivity index (χ0n) is 37.1. The van der Waals surface area contributed by atoms with Gasteiger partial charge in [0.05, 0.1) is 27.6 Å². The van der Waals surface area contributed by atoms with Crippen molar-refractivity contribution < 1.29 is 18.8 Å². The second kappa shape index (κ2) is 15.5. The Kier molecular flexibility index (Phi) is 10.8. The largest absolute Gasteiger partial charge is 0.314 e. The third-order valence-electron chi connectivity index (χ3n) is 12.7. The molecule has 3 aliphatic rings. The minimum absolute atomic E-state index is 0.0882. The van der Waals surface area contributed by atoms with Crippen molar-refractivity contribution in [3.63, 3.8) is 0 Å². The normalized spacial score (nSPS) is 16.3. The number of carbonyl (C=O) groups excluding carboxylic acids is 3. The number of hydrogen-bond donors (Lipinski definition) is 0. The highest BCUT2D eigenvalue weighted by Crippen LogP contribution is 2.47. The van der Waals surface area contributed by atoms with E-state index in [2.05, 4.69) is 59.1 Å². The molecule has 0 saturated carbocycles. The van der Waals surface area contributed by atoms with Gasteiger partial charge in [0.25, 0.3) is 0 Å². The van der Waals surface area contributed by atoms with E-state index < -0.39 is 16.2 Å². The van der Waals surface area contributed by atoms with Crippen molar-refractivity contribution in [1.29, 1.82) is 0 Å². The van der Waals surface area contributed by atoms with Crippen LogP contribution in [0.3, 0.4) is 0 Å². The Labute approximate surface area is 358 Å². The minimum atomic E-state index is -0.682. The third-order valence-corrected chi connectivity index (χ3v) is 12.7. The van der Waals surface area contributed by atoms with E-state index in [4.69, 9.17) is 0 Å². The summed E-state index contributed by atoms with van der Waals surface area (Å²) < 4.78 is 14.8. The molecule has 0 unspecified atom stereocenters. The van der Waals surface area contributed by atoms with Crippen LogP contribution in [0, 0.1) is 26.6 Å². The maximum atomic E-state index is 14.8. The third kappa shape index (κ3) is 6.97. The molecule has 0 N–H and O–H groups in total. The standard InChI is InChI=1S/C18H20N2O.C17H18N2O.C16H15FN2O/c1-11-8-9-19-12(2)16(11)13-6-7-14-15(10-13)20(5)17(21)18(14,3)4;1-11-13(12-6-5-9-18-10-12)7-8-14-15(11)19(4)16(20)17(14,2)3;1-16(2)12-7-6-11(10-5-4-8-18-9-10)13(17)14(12)19(3)15(16)20/h6-10H,1-5H3;5-10H,1-4H3;4-9H,1-3H3. The van der Waals surface area contributed by atoms with E-state index in [9.17, 15) is 18.8 Å². The Balaban J connectivity index is 0.000000138. The van der Waals surface area contributed by atoms with Gasteiger partial charge in [-0.05, 0) is 126 Å². The van der Waals surface area contributed by atoms with E-state index in [1.54, 1.807) is 53.6 Å². The van der Waals surface area contributed by atoms with Crippen LogP contribution in [0.4, 0.5) is 21.5 Å². The fourth-order valence-corrected chi connectivity index (χ4v) is 9.15. The number of carbonyl (C=O) groups is 3. The molecule has 61 heavy (non-hydrogen) atoms. The summed E-state index contributed by atoms with van der Waals surface area (Å²) in [5.41, 5.74) is 12.8. The molecule has 0 spiro atoms. The summed E-state index contributed by atoms with van der Waals surface area (Å²) in [6.07, 6.45) is 8.72. The van der Waals surface area contributed by atoms with E-state index in [1.165, 1.54) is 10.5 Å². The molecule has 10 heteroatoms. The van der Waals surface area contributed by atoms with Gasteiger partial charge in [0.2, 0.25) is 17.7 Å². The fourth-order valence-electron chi connectivity index (χ4n) is 9.15. The zero-order chi connectivity index (χ0) is 44.3. The van der Waals surface area contributed by atoms with Crippen molar-refractivity contribution in [3.8, 4) is 33.4 Å². The van der Waals surface area contributed by atoms with Crippen molar-refractivity contribution in [1.82, 2.24) is 15.0 Å². The van der Waals surface area contributed by atoms with Crippen LogP contribution in [0.1, 0.15) is 75.1 Å². The highest BCUT2D eigenvalue weighted by atomic mass is 19.1. The van der Waals surface area contributed by atoms with Crippen LogP contribution in [0.15, 0.2) is 104 Å². The molecule has 0 radical (unpaired) electrons. The van der Waals surface area contributed by atoms with Crippen LogP contribution in [0.5, 0.6) is 0 Å². The van der Waals surface area contributed by atoms with Crippen molar-refractivity contribution >= 4 is 34.8 Å². The smallest absolute Gasteiger partial charge is 0.236 e. The van der Waals surface area contributed by atoms with Gasteiger partial charge >= 0.3 is 0 Å². The molecular weight excluding hydrogens is 764 g/mol. The quantitative estimate of drug-likeness (QED) is 0.176. The minimum Gasteiger partial charge on any atom is -0.314 e. The summed E-state index contributed by atoms with van der Waals surface area (Å²) >= 11 is 0. The first kappa shape index (κ1) is 42.6. The number of hydrogen-bond acceptors (Lipinski definition) is 6. The molecule has 3 aliphatic heterocycles. The second-order valence-corrected chi connectivity index (χ2v) is 17.7. The van der Waals surface area contributed by atoms with Gasteiger partial charge in [-0.15, -0.1) is 0 Å². The molecule has 9 nitrogen and oxygen atoms in total. The summed E-state index contributed by atoms with van der Waals surface area (Å²) in [4.78, 5) is 54.5. The number of nitrogens with zero attached hydrogens (tertiary/aromatic N) is 6. The number of aryl methyl sites for hydroxylation is 2. The number of aromatic nitrogens is 3. The topological polar surface area (TPSA) is 99.6 Å². The average molecular weight is 817 g/mol. The van der Waals surface area contributed by atoms with Crippen molar-refractivity contribution in [2.45, 2.75) is 78.6 Å². The van der Waals surface area contributed by atoms with Gasteiger partial charge < -0.3 is 14.7 Å². The first-order chi connectivity index (χ1) is 28.7. The zero-order valence-corrected chi connectivity index (χ0v) is 37.1. The van der Waals surface area contributed by atoms with Gasteiger partial charge in [0.15, 0.2) is 5.82 Å². The van der Waals surface area contributed by atoms with Crippen LogP contribution in [-0.4, -0.2) is 53.8 Å². The molecule has 3 aromatic heterocycles. The summed E-state index contributed by atoms with van der Waals surface area (Å²) in [6, 6.07) is 23.6. The van der Waals surface area contributed by atoms with Gasteiger partial charge in [0.1, 0.15) is 0 Å². The average Bonchev–Trinajstić information content (AvgIpc) is 3.62. The molecule has 0 aliphatic carbocycles. The Morgan fingerprint density at radius 3 is 1.59 bits per heavy atom. The first-order valence-electron chi connectivity index (χ1n) is 20.4. The van der Waals surface area contributed by atoms with Gasteiger partial charge in [-0.2, -0.15) is 0 Å². The number of halogens is 1. The number of likely N-dealkylation sites (N-methyl/N-ethyl adjacent to an activating group) is 3. The molecule has 0 fully saturated rings. The molecule has 312 valence electrons. The summed E-state index contributed by atoms with van der Waals surface area (Å²) in [6.45, 7) is 17.8. The van der Waals surface area contributed by atoms with Gasteiger partial charge in [-0.1, -0.05) is 48.5 Å². The van der Waals surface area contributed by atoms with Crippen LogP contribution in [-0.2, 0) is 30.6 Å². The Morgan fingerprint density at radius 2 is 1.03 bits per heavy atom. The lowest BCUT2D eigenvalue weighted by Crippen LogP contribution is -2.33. The Bertz CT molecular complexity index is 2580. The monoisotopic (exact) mass is 816 g/mol. The number of anilines is 3. The number of amides is 3. The molecule has 3 aromatic carbocycles. The summed E-state index contributed by atoms with van der Waals surface area (Å²) in [5.74, 6) is -0.153. The number of fused-ring (bicyclic) bond motifs is 3. The Hall–Kier alpha value is -6.55. The van der Waals surface area contributed by atoms with Crippen molar-refractivity contribution in [3.05, 3.63) is 143 Å². The predicted molar refractivity (Wildman–Crippen MR) is 242 cm³/mol. The van der Waals surface area contributed by atoms with Crippen LogP contribution in [0.25, 0.3) is 33.4 Å². The summed E-state index contributed by atoms with van der Waals surface area (Å²) in [5, 5.41) is 0. The molecule has 6 heterocycles. The van der Waals surface area contributed by atoms with E-state index in [1.807, 2.05) is 99.2 Å². The molecule has 9 rings (SSSR count). The van der Waals surface area contributed by atoms with Crippen LogP contribution < -0.4 is 14.7 Å². The van der Waals surface area contributed by atoms with Crippen molar-refractivity contribution in [2.24, 2.45) is 0 Å². The van der Waals surface area contributed by atoms with Gasteiger partial charge in [-0.25, -0.2) is 4.39 Å². The highest BCUT2D eigenvalue weighted by Gasteiger charge is 2.45. The molecule has 0 bridgehead atoms. The first-order valence-corrected chi connectivity index (χ1v) is 20.4. The SMILES string of the molecule is CN1C(=O)C(C)(C)c2ccc(-c3cccnc3)c(F)c21.Cc1c(-c2cccnc2)ccc2c1N(C)C(=O)C2(C)C.Cc1ccnc(C)c1-c1ccc2c(c1)N(C)C(=O)C2(C)C. The second-order valence-electron chi connectivity index (χ2n) is 17.7. The van der Waals surface area contributed by atoms with E-state index in [0.29, 0.717) is 16.8 Å². The number of pyridine rings is 3.